The van der Waals surface area contributed by atoms with E-state index in [-0.39, 0.29) is 5.69 Å². The van der Waals surface area contributed by atoms with Crippen LogP contribution in [0.4, 0.5) is 5.69 Å². The lowest BCUT2D eigenvalue weighted by atomic mass is 9.80. The van der Waals surface area contributed by atoms with Crippen LogP contribution in [0.5, 0.6) is 0 Å². The summed E-state index contributed by atoms with van der Waals surface area (Å²) in [5.41, 5.74) is 2.96. The molecule has 8 nitrogen and oxygen atoms in total. The summed E-state index contributed by atoms with van der Waals surface area (Å²) in [6, 6.07) is 7.91. The number of esters is 1. The van der Waals surface area contributed by atoms with Crippen molar-refractivity contribution in [3.63, 3.8) is 0 Å². The fourth-order valence-corrected chi connectivity index (χ4v) is 3.26. The molecule has 3 rings (SSSR count). The minimum Gasteiger partial charge on any atom is -0.466 e. The van der Waals surface area contributed by atoms with Gasteiger partial charge in [0.25, 0.3) is 5.69 Å². The number of methoxy groups -OCH3 is 1. The van der Waals surface area contributed by atoms with Crippen LogP contribution in [0, 0.1) is 10.1 Å². The van der Waals surface area contributed by atoms with Crippen LogP contribution in [0.3, 0.4) is 0 Å². The first kappa shape index (κ1) is 18.2. The summed E-state index contributed by atoms with van der Waals surface area (Å²) in [7, 11) is 1.30. The van der Waals surface area contributed by atoms with Gasteiger partial charge in [-0.25, -0.2) is 14.8 Å². The first-order valence-corrected chi connectivity index (χ1v) is 8.22. The first-order valence-electron chi connectivity index (χ1n) is 8.22. The number of carbonyl (C=O) groups is 1. The zero-order valence-electron chi connectivity index (χ0n) is 15.1. The van der Waals surface area contributed by atoms with Crippen LogP contribution in [0.1, 0.15) is 31.2 Å². The third-order valence-corrected chi connectivity index (χ3v) is 4.39. The van der Waals surface area contributed by atoms with Gasteiger partial charge in [-0.15, -0.1) is 0 Å². The standard InChI is InChI=1S/C19H18N4O4/c1-11-15(18-20-8-5-9-21-18)17(16(12(2)22-11)19(24)27-3)13-6-4-7-14(10-13)23(25)26/h4-10,17,22H,1-3H3. The Labute approximate surface area is 155 Å². The van der Waals surface area contributed by atoms with Crippen molar-refractivity contribution in [3.05, 3.63) is 81.2 Å². The molecule has 1 aromatic heterocycles. The molecule has 1 aromatic carbocycles. The van der Waals surface area contributed by atoms with Crippen LogP contribution < -0.4 is 5.32 Å². The predicted molar refractivity (Wildman–Crippen MR) is 98.3 cm³/mol. The number of non-ortho nitro benzene ring substituents is 1. The van der Waals surface area contributed by atoms with Gasteiger partial charge in [0.1, 0.15) is 0 Å². The SMILES string of the molecule is COC(=O)C1=C(C)NC(C)=C(c2ncccn2)C1c1cccc([N+](=O)[O-])c1. The highest BCUT2D eigenvalue weighted by Crippen LogP contribution is 2.43. The molecule has 2 heterocycles. The molecular formula is C19H18N4O4. The molecule has 0 amide bonds. The van der Waals surface area contributed by atoms with Crippen molar-refractivity contribution in [2.45, 2.75) is 19.8 Å². The van der Waals surface area contributed by atoms with E-state index in [1.165, 1.54) is 19.2 Å². The third kappa shape index (κ3) is 3.41. The first-order chi connectivity index (χ1) is 12.9. The van der Waals surface area contributed by atoms with Crippen LogP contribution in [0.15, 0.2) is 59.7 Å². The molecule has 1 aliphatic rings. The molecule has 0 saturated carbocycles. The van der Waals surface area contributed by atoms with Crippen LogP contribution in [-0.4, -0.2) is 28.0 Å². The second-order valence-corrected chi connectivity index (χ2v) is 6.05. The normalized spacial score (nSPS) is 16.8. The van der Waals surface area contributed by atoms with E-state index in [9.17, 15) is 14.9 Å². The molecule has 1 unspecified atom stereocenters. The summed E-state index contributed by atoms with van der Waals surface area (Å²) in [6.07, 6.45) is 3.21. The van der Waals surface area contributed by atoms with Gasteiger partial charge in [0, 0.05) is 47.4 Å². The molecule has 138 valence electrons. The molecule has 0 aliphatic carbocycles. The minimum atomic E-state index is -0.596. The monoisotopic (exact) mass is 366 g/mol. The van der Waals surface area contributed by atoms with Gasteiger partial charge in [-0.05, 0) is 25.5 Å². The molecule has 1 N–H and O–H groups in total. The molecule has 1 atom stereocenters. The lowest BCUT2D eigenvalue weighted by Gasteiger charge is -2.30. The van der Waals surface area contributed by atoms with Crippen molar-refractivity contribution in [1.29, 1.82) is 0 Å². The van der Waals surface area contributed by atoms with Crippen LogP contribution in [0.2, 0.25) is 0 Å². The molecule has 27 heavy (non-hydrogen) atoms. The second kappa shape index (κ2) is 7.36. The number of benzene rings is 1. The Hall–Kier alpha value is -3.55. The molecule has 0 fully saturated rings. The number of nitrogens with zero attached hydrogens (tertiary/aromatic N) is 3. The lowest BCUT2D eigenvalue weighted by molar-refractivity contribution is -0.384. The fourth-order valence-electron chi connectivity index (χ4n) is 3.26. The van der Waals surface area contributed by atoms with Gasteiger partial charge in [0.2, 0.25) is 0 Å². The third-order valence-electron chi connectivity index (χ3n) is 4.39. The molecule has 0 spiro atoms. The largest absolute Gasteiger partial charge is 0.466 e. The Morgan fingerprint density at radius 2 is 1.89 bits per heavy atom. The summed E-state index contributed by atoms with van der Waals surface area (Å²) in [5, 5.41) is 14.4. The van der Waals surface area contributed by atoms with Gasteiger partial charge in [0.15, 0.2) is 5.82 Å². The Balaban J connectivity index is 2.26. The highest BCUT2D eigenvalue weighted by molar-refractivity contribution is 5.97. The molecule has 8 heteroatoms. The average molecular weight is 366 g/mol. The average Bonchev–Trinajstić information content (AvgIpc) is 2.67. The number of nitrogens with one attached hydrogen (secondary N) is 1. The second-order valence-electron chi connectivity index (χ2n) is 6.05. The molecule has 2 aromatic rings. The van der Waals surface area contributed by atoms with Crippen LogP contribution >= 0.6 is 0 Å². The number of dihydropyridines is 1. The zero-order chi connectivity index (χ0) is 19.6. The number of rotatable bonds is 4. The number of allylic oxidation sites excluding steroid dienone is 3. The summed E-state index contributed by atoms with van der Waals surface area (Å²) in [6.45, 7) is 3.62. The molecule has 0 radical (unpaired) electrons. The fraction of sp³-hybridized carbons (Fsp3) is 0.211. The van der Waals surface area contributed by atoms with Crippen molar-refractivity contribution in [2.75, 3.05) is 7.11 Å². The van der Waals surface area contributed by atoms with E-state index in [4.69, 9.17) is 4.74 Å². The van der Waals surface area contributed by atoms with Crippen molar-refractivity contribution in [1.82, 2.24) is 15.3 Å². The lowest BCUT2D eigenvalue weighted by Crippen LogP contribution is -2.28. The summed E-state index contributed by atoms with van der Waals surface area (Å²) in [5.74, 6) is -0.675. The van der Waals surface area contributed by atoms with Gasteiger partial charge in [0.05, 0.1) is 17.6 Å². The number of nitro benzene ring substituents is 1. The zero-order valence-corrected chi connectivity index (χ0v) is 15.1. The maximum Gasteiger partial charge on any atom is 0.336 e. The van der Waals surface area contributed by atoms with E-state index in [0.717, 1.165) is 5.70 Å². The van der Waals surface area contributed by atoms with E-state index in [1.54, 1.807) is 37.5 Å². The van der Waals surface area contributed by atoms with Gasteiger partial charge in [-0.3, -0.25) is 10.1 Å². The van der Waals surface area contributed by atoms with Gasteiger partial charge in [-0.2, -0.15) is 0 Å². The molecule has 1 aliphatic heterocycles. The van der Waals surface area contributed by atoms with Crippen molar-refractivity contribution < 1.29 is 14.5 Å². The van der Waals surface area contributed by atoms with Crippen LogP contribution in [-0.2, 0) is 9.53 Å². The highest BCUT2D eigenvalue weighted by atomic mass is 16.6. The number of ether oxygens (including phenoxy) is 1. The van der Waals surface area contributed by atoms with Crippen molar-refractivity contribution in [3.8, 4) is 0 Å². The maximum atomic E-state index is 12.5. The predicted octanol–water partition coefficient (Wildman–Crippen LogP) is 2.95. The van der Waals surface area contributed by atoms with Crippen molar-refractivity contribution >= 4 is 17.2 Å². The minimum absolute atomic E-state index is 0.0566. The van der Waals surface area contributed by atoms with E-state index in [1.807, 2.05) is 6.92 Å². The van der Waals surface area contributed by atoms with E-state index in [0.29, 0.717) is 28.2 Å². The van der Waals surface area contributed by atoms with Gasteiger partial charge >= 0.3 is 5.97 Å². The van der Waals surface area contributed by atoms with Crippen LogP contribution in [0.25, 0.3) is 5.57 Å². The number of nitro groups is 1. The van der Waals surface area contributed by atoms with Crippen molar-refractivity contribution in [2.24, 2.45) is 0 Å². The maximum absolute atomic E-state index is 12.5. The van der Waals surface area contributed by atoms with Gasteiger partial charge < -0.3 is 10.1 Å². The number of aromatic nitrogens is 2. The summed E-state index contributed by atoms with van der Waals surface area (Å²) >= 11 is 0. The summed E-state index contributed by atoms with van der Waals surface area (Å²) < 4.78 is 4.97. The molecule has 0 saturated heterocycles. The number of hydrogen-bond acceptors (Lipinski definition) is 7. The Morgan fingerprint density at radius 1 is 1.19 bits per heavy atom. The Kier molecular flexibility index (Phi) is 4.98. The van der Waals surface area contributed by atoms with Gasteiger partial charge in [-0.1, -0.05) is 12.1 Å². The quantitative estimate of drug-likeness (QED) is 0.503. The molecular weight excluding hydrogens is 348 g/mol. The van der Waals surface area contributed by atoms with E-state index < -0.39 is 16.8 Å². The smallest absolute Gasteiger partial charge is 0.336 e. The Bertz CT molecular complexity index is 967. The number of carbonyl (C=O) groups excluding carboxylic acids is 1. The van der Waals surface area contributed by atoms with E-state index in [2.05, 4.69) is 15.3 Å². The Morgan fingerprint density at radius 3 is 2.52 bits per heavy atom. The summed E-state index contributed by atoms with van der Waals surface area (Å²) in [4.78, 5) is 31.9. The topological polar surface area (TPSA) is 107 Å². The molecule has 0 bridgehead atoms. The highest BCUT2D eigenvalue weighted by Gasteiger charge is 2.36. The number of hydrogen-bond donors (Lipinski definition) is 1. The van der Waals surface area contributed by atoms with E-state index >= 15 is 0 Å².